The highest BCUT2D eigenvalue weighted by Crippen LogP contribution is 2.28. The van der Waals surface area contributed by atoms with E-state index in [1.165, 1.54) is 0 Å². The number of hydrogen-bond donors (Lipinski definition) is 2. The minimum absolute atomic E-state index is 0.0433. The van der Waals surface area contributed by atoms with Crippen molar-refractivity contribution < 1.29 is 9.53 Å². The highest BCUT2D eigenvalue weighted by molar-refractivity contribution is 5.88. The van der Waals surface area contributed by atoms with Crippen LogP contribution in [0.25, 0.3) is 0 Å². The maximum atomic E-state index is 12.3. The molecule has 3 rings (SSSR count). The molecule has 2 amide bonds. The van der Waals surface area contributed by atoms with Crippen LogP contribution in [0.1, 0.15) is 18.1 Å². The fraction of sp³-hybridized carbons (Fsp3) is 0.444. The van der Waals surface area contributed by atoms with Gasteiger partial charge in [0.2, 0.25) is 0 Å². The van der Waals surface area contributed by atoms with Crippen molar-refractivity contribution >= 4 is 11.8 Å². The lowest BCUT2D eigenvalue weighted by atomic mass is 10.0. The lowest BCUT2D eigenvalue weighted by Crippen LogP contribution is -2.39. The van der Waals surface area contributed by atoms with Gasteiger partial charge >= 0.3 is 6.03 Å². The van der Waals surface area contributed by atoms with Crippen molar-refractivity contribution in [1.82, 2.24) is 20.0 Å². The maximum absolute atomic E-state index is 12.3. The van der Waals surface area contributed by atoms with E-state index in [-0.39, 0.29) is 18.2 Å². The first kappa shape index (κ1) is 17.4. The number of amides is 2. The van der Waals surface area contributed by atoms with Crippen molar-refractivity contribution in [2.45, 2.75) is 25.1 Å². The van der Waals surface area contributed by atoms with E-state index in [1.807, 2.05) is 55.3 Å². The molecule has 2 heterocycles. The fourth-order valence-corrected chi connectivity index (χ4v) is 2.88. The van der Waals surface area contributed by atoms with Crippen LogP contribution in [0.5, 0.6) is 0 Å². The Balaban J connectivity index is 1.53. The monoisotopic (exact) mass is 343 g/mol. The van der Waals surface area contributed by atoms with Gasteiger partial charge in [-0.2, -0.15) is 5.10 Å². The zero-order chi connectivity index (χ0) is 17.6. The van der Waals surface area contributed by atoms with Crippen LogP contribution in [-0.2, 0) is 11.3 Å². The summed E-state index contributed by atoms with van der Waals surface area (Å²) in [5.41, 5.74) is 1.08. The quantitative estimate of drug-likeness (QED) is 0.843. The van der Waals surface area contributed by atoms with E-state index in [0.29, 0.717) is 12.4 Å². The number of likely N-dealkylation sites (N-methyl/N-ethyl adjacent to an activating group) is 1. The SMILES string of the molecule is CN(C)CCn1ccc(NC(=O)N[C@H]2CCO[C@H]2c2ccccc2)n1. The van der Waals surface area contributed by atoms with Gasteiger partial charge in [0.15, 0.2) is 5.82 Å². The number of rotatable bonds is 6. The number of nitrogens with zero attached hydrogens (tertiary/aromatic N) is 3. The fourth-order valence-electron chi connectivity index (χ4n) is 2.88. The summed E-state index contributed by atoms with van der Waals surface area (Å²) in [6, 6.07) is 11.5. The lowest BCUT2D eigenvalue weighted by Gasteiger charge is -2.20. The molecule has 2 aromatic rings. The second kappa shape index (κ2) is 8.13. The largest absolute Gasteiger partial charge is 0.371 e. The summed E-state index contributed by atoms with van der Waals surface area (Å²) < 4.78 is 7.61. The number of carbonyl (C=O) groups is 1. The molecule has 134 valence electrons. The topological polar surface area (TPSA) is 71.4 Å². The third kappa shape index (κ3) is 4.80. The van der Waals surface area contributed by atoms with Gasteiger partial charge in [-0.05, 0) is 26.1 Å². The Morgan fingerprint density at radius 1 is 1.32 bits per heavy atom. The molecule has 0 spiro atoms. The molecular weight excluding hydrogens is 318 g/mol. The molecule has 7 heteroatoms. The number of aromatic nitrogens is 2. The van der Waals surface area contributed by atoms with Crippen molar-refractivity contribution in [3.05, 3.63) is 48.2 Å². The molecule has 1 aliphatic heterocycles. The van der Waals surface area contributed by atoms with Crippen LogP contribution in [0.3, 0.4) is 0 Å². The van der Waals surface area contributed by atoms with E-state index < -0.39 is 0 Å². The van der Waals surface area contributed by atoms with Crippen molar-refractivity contribution in [3.63, 3.8) is 0 Å². The van der Waals surface area contributed by atoms with Crippen molar-refractivity contribution in [1.29, 1.82) is 0 Å². The summed E-state index contributed by atoms with van der Waals surface area (Å²) in [6.45, 7) is 2.32. The minimum Gasteiger partial charge on any atom is -0.371 e. The number of benzene rings is 1. The Bertz CT molecular complexity index is 686. The van der Waals surface area contributed by atoms with Gasteiger partial charge in [0.05, 0.1) is 12.6 Å². The first-order valence-corrected chi connectivity index (χ1v) is 8.54. The first-order chi connectivity index (χ1) is 12.1. The van der Waals surface area contributed by atoms with E-state index in [9.17, 15) is 4.79 Å². The molecule has 1 aromatic heterocycles. The molecule has 0 unspecified atom stereocenters. The Morgan fingerprint density at radius 2 is 2.12 bits per heavy atom. The van der Waals surface area contributed by atoms with E-state index in [1.54, 1.807) is 6.07 Å². The Hall–Kier alpha value is -2.38. The second-order valence-corrected chi connectivity index (χ2v) is 6.46. The minimum atomic E-state index is -0.255. The molecule has 1 fully saturated rings. The molecule has 1 saturated heterocycles. The van der Waals surface area contributed by atoms with Gasteiger partial charge < -0.3 is 15.0 Å². The van der Waals surface area contributed by atoms with Crippen LogP contribution >= 0.6 is 0 Å². The highest BCUT2D eigenvalue weighted by atomic mass is 16.5. The predicted octanol–water partition coefficient (Wildman–Crippen LogP) is 2.10. The molecular formula is C18H25N5O2. The Morgan fingerprint density at radius 3 is 2.88 bits per heavy atom. The summed E-state index contributed by atoms with van der Waals surface area (Å²) in [4.78, 5) is 14.4. The van der Waals surface area contributed by atoms with E-state index in [4.69, 9.17) is 4.74 Å². The standard InChI is InChI=1S/C18H25N5O2/c1-22(2)11-12-23-10-8-16(21-23)20-18(24)19-15-9-13-25-17(15)14-6-4-3-5-7-14/h3-8,10,15,17H,9,11-13H2,1-2H3,(H2,19,20,21,24)/t15-,17-/m0/s1. The van der Waals surface area contributed by atoms with Gasteiger partial charge in [-0.1, -0.05) is 30.3 Å². The number of nitrogens with one attached hydrogen (secondary N) is 2. The van der Waals surface area contributed by atoms with Gasteiger partial charge in [0, 0.05) is 25.4 Å². The molecule has 0 bridgehead atoms. The number of hydrogen-bond acceptors (Lipinski definition) is 4. The molecule has 0 saturated carbocycles. The van der Waals surface area contributed by atoms with Gasteiger partial charge in [-0.3, -0.25) is 10.00 Å². The summed E-state index contributed by atoms with van der Waals surface area (Å²) in [5, 5.41) is 10.2. The number of carbonyl (C=O) groups excluding carboxylic acids is 1. The number of anilines is 1. The van der Waals surface area contributed by atoms with Crippen LogP contribution in [0.15, 0.2) is 42.6 Å². The van der Waals surface area contributed by atoms with Gasteiger partial charge in [-0.15, -0.1) is 0 Å². The third-order valence-corrected chi connectivity index (χ3v) is 4.19. The van der Waals surface area contributed by atoms with Crippen LogP contribution < -0.4 is 10.6 Å². The second-order valence-electron chi connectivity index (χ2n) is 6.46. The van der Waals surface area contributed by atoms with Gasteiger partial charge in [0.25, 0.3) is 0 Å². The van der Waals surface area contributed by atoms with Crippen molar-refractivity contribution in [2.75, 3.05) is 32.6 Å². The Kier molecular flexibility index (Phi) is 5.67. The Labute approximate surface area is 148 Å². The maximum Gasteiger partial charge on any atom is 0.320 e. The van der Waals surface area contributed by atoms with Gasteiger partial charge in [0.1, 0.15) is 6.10 Å². The smallest absolute Gasteiger partial charge is 0.320 e. The summed E-state index contributed by atoms with van der Waals surface area (Å²) in [7, 11) is 4.03. The summed E-state index contributed by atoms with van der Waals surface area (Å²) in [5.74, 6) is 0.548. The first-order valence-electron chi connectivity index (χ1n) is 8.54. The zero-order valence-corrected chi connectivity index (χ0v) is 14.7. The normalized spacial score (nSPS) is 20.0. The molecule has 2 N–H and O–H groups in total. The van der Waals surface area contributed by atoms with Crippen LogP contribution in [0.2, 0.25) is 0 Å². The van der Waals surface area contributed by atoms with Crippen LogP contribution in [0.4, 0.5) is 10.6 Å². The summed E-state index contributed by atoms with van der Waals surface area (Å²) >= 11 is 0. The molecule has 1 aliphatic rings. The molecule has 25 heavy (non-hydrogen) atoms. The predicted molar refractivity (Wildman–Crippen MR) is 96.5 cm³/mol. The molecule has 0 aliphatic carbocycles. The van der Waals surface area contributed by atoms with E-state index in [2.05, 4.69) is 20.6 Å². The third-order valence-electron chi connectivity index (χ3n) is 4.19. The van der Waals surface area contributed by atoms with Gasteiger partial charge in [-0.25, -0.2) is 4.79 Å². The summed E-state index contributed by atoms with van der Waals surface area (Å²) in [6.07, 6.45) is 2.55. The zero-order valence-electron chi connectivity index (χ0n) is 14.7. The highest BCUT2D eigenvalue weighted by Gasteiger charge is 2.30. The number of ether oxygens (including phenoxy) is 1. The molecule has 2 atom stereocenters. The van der Waals surface area contributed by atoms with Crippen LogP contribution in [-0.4, -0.2) is 54.0 Å². The van der Waals surface area contributed by atoms with E-state index in [0.717, 1.165) is 25.1 Å². The van der Waals surface area contributed by atoms with E-state index >= 15 is 0 Å². The molecule has 1 aromatic carbocycles. The average molecular weight is 343 g/mol. The van der Waals surface area contributed by atoms with Crippen LogP contribution in [0, 0.1) is 0 Å². The lowest BCUT2D eigenvalue weighted by molar-refractivity contribution is 0.100. The number of urea groups is 1. The average Bonchev–Trinajstić information content (AvgIpc) is 3.23. The molecule has 7 nitrogen and oxygen atoms in total. The molecule has 0 radical (unpaired) electrons. The van der Waals surface area contributed by atoms with Crippen molar-refractivity contribution in [3.8, 4) is 0 Å². The van der Waals surface area contributed by atoms with Crippen molar-refractivity contribution in [2.24, 2.45) is 0 Å².